The molecule has 0 fully saturated rings. The molecule has 3 rings (SSSR count). The molecule has 168 valence electrons. The van der Waals surface area contributed by atoms with Gasteiger partial charge in [0.1, 0.15) is 23.1 Å². The Morgan fingerprint density at radius 2 is 1.66 bits per heavy atom. The molecule has 0 spiro atoms. The van der Waals surface area contributed by atoms with E-state index in [4.69, 9.17) is 14.2 Å². The number of carbonyl (C=O) groups excluding carboxylic acids is 1. The topological polar surface area (TPSA) is 107 Å². The molecule has 1 aromatic heterocycles. The molecule has 3 N–H and O–H groups in total. The van der Waals surface area contributed by atoms with Crippen LogP contribution in [0.25, 0.3) is 0 Å². The molecular formula is C23H27N5O4. The average Bonchev–Trinajstić information content (AvgIpc) is 2.81. The maximum absolute atomic E-state index is 12.0. The first-order chi connectivity index (χ1) is 15.6. The second kappa shape index (κ2) is 11.4. The second-order valence-corrected chi connectivity index (χ2v) is 6.82. The summed E-state index contributed by atoms with van der Waals surface area (Å²) in [5.74, 6) is 2.95. The van der Waals surface area contributed by atoms with Gasteiger partial charge in [-0.3, -0.25) is 4.79 Å². The highest BCUT2D eigenvalue weighted by Gasteiger charge is 2.05. The summed E-state index contributed by atoms with van der Waals surface area (Å²) in [6.45, 7) is 2.68. The van der Waals surface area contributed by atoms with Crippen molar-refractivity contribution in [2.24, 2.45) is 0 Å². The summed E-state index contributed by atoms with van der Waals surface area (Å²) in [4.78, 5) is 20.8. The molecule has 0 saturated carbocycles. The molecule has 9 heteroatoms. The Bertz CT molecular complexity index is 1030. The number of methoxy groups -OCH3 is 2. The van der Waals surface area contributed by atoms with Crippen molar-refractivity contribution in [3.63, 3.8) is 0 Å². The highest BCUT2D eigenvalue weighted by molar-refractivity contribution is 5.77. The van der Waals surface area contributed by atoms with Crippen LogP contribution in [-0.4, -0.2) is 49.8 Å². The number of anilines is 3. The third-order valence-electron chi connectivity index (χ3n) is 4.36. The zero-order chi connectivity index (χ0) is 22.8. The summed E-state index contributed by atoms with van der Waals surface area (Å²) < 4.78 is 15.8. The Morgan fingerprint density at radius 3 is 2.41 bits per heavy atom. The lowest BCUT2D eigenvalue weighted by Crippen LogP contribution is -2.32. The van der Waals surface area contributed by atoms with E-state index in [-0.39, 0.29) is 12.5 Å². The highest BCUT2D eigenvalue weighted by atomic mass is 16.5. The molecule has 0 aliphatic carbocycles. The number of ether oxygens (including phenoxy) is 3. The van der Waals surface area contributed by atoms with Gasteiger partial charge < -0.3 is 30.2 Å². The van der Waals surface area contributed by atoms with E-state index >= 15 is 0 Å². The Balaban J connectivity index is 1.43. The number of aromatic nitrogens is 2. The zero-order valence-corrected chi connectivity index (χ0v) is 18.3. The Kier molecular flexibility index (Phi) is 8.08. The first-order valence-electron chi connectivity index (χ1n) is 10.1. The fraction of sp³-hybridized carbons (Fsp3) is 0.261. The van der Waals surface area contributed by atoms with Gasteiger partial charge in [-0.1, -0.05) is 6.07 Å². The zero-order valence-electron chi connectivity index (χ0n) is 18.3. The van der Waals surface area contributed by atoms with Gasteiger partial charge in [0, 0.05) is 36.6 Å². The summed E-state index contributed by atoms with van der Waals surface area (Å²) >= 11 is 0. The Labute approximate surface area is 187 Å². The predicted octanol–water partition coefficient (Wildman–Crippen LogP) is 3.15. The van der Waals surface area contributed by atoms with Crippen molar-refractivity contribution in [2.75, 3.05) is 44.5 Å². The van der Waals surface area contributed by atoms with Crippen LogP contribution in [-0.2, 0) is 4.79 Å². The van der Waals surface area contributed by atoms with Crippen LogP contribution < -0.4 is 30.2 Å². The lowest BCUT2D eigenvalue weighted by Gasteiger charge is -2.11. The van der Waals surface area contributed by atoms with E-state index in [0.29, 0.717) is 36.4 Å². The van der Waals surface area contributed by atoms with Gasteiger partial charge in [-0.2, -0.15) is 4.98 Å². The third-order valence-corrected chi connectivity index (χ3v) is 4.36. The second-order valence-electron chi connectivity index (χ2n) is 6.82. The van der Waals surface area contributed by atoms with E-state index in [2.05, 4.69) is 25.9 Å². The number of nitrogens with one attached hydrogen (secondary N) is 3. The van der Waals surface area contributed by atoms with Crippen LogP contribution in [0.4, 0.5) is 17.5 Å². The SMILES string of the molecule is COc1ccc(Nc2cc(C)nc(NCCNC(=O)COc3cccc(OC)c3)n2)cc1. The van der Waals surface area contributed by atoms with Gasteiger partial charge in [0.15, 0.2) is 6.61 Å². The minimum Gasteiger partial charge on any atom is -0.497 e. The minimum atomic E-state index is -0.221. The van der Waals surface area contributed by atoms with Gasteiger partial charge in [0.25, 0.3) is 5.91 Å². The molecular weight excluding hydrogens is 410 g/mol. The van der Waals surface area contributed by atoms with Crippen molar-refractivity contribution in [3.8, 4) is 17.2 Å². The van der Waals surface area contributed by atoms with E-state index in [0.717, 1.165) is 17.1 Å². The number of benzene rings is 2. The largest absolute Gasteiger partial charge is 0.497 e. The molecule has 1 heterocycles. The van der Waals surface area contributed by atoms with E-state index in [9.17, 15) is 4.79 Å². The predicted molar refractivity (Wildman–Crippen MR) is 123 cm³/mol. The summed E-state index contributed by atoms with van der Waals surface area (Å²) in [6, 6.07) is 16.5. The molecule has 0 aliphatic heterocycles. The number of hydrogen-bond acceptors (Lipinski definition) is 8. The lowest BCUT2D eigenvalue weighted by molar-refractivity contribution is -0.123. The van der Waals surface area contributed by atoms with Crippen LogP contribution >= 0.6 is 0 Å². The van der Waals surface area contributed by atoms with Crippen LogP contribution in [0, 0.1) is 6.92 Å². The molecule has 0 bridgehead atoms. The molecule has 1 amide bonds. The van der Waals surface area contributed by atoms with Gasteiger partial charge in [-0.05, 0) is 43.3 Å². The standard InChI is InChI=1S/C23H27N5O4/c1-16-13-21(27-17-7-9-18(30-2)10-8-17)28-23(26-16)25-12-11-24-22(29)15-32-20-6-4-5-19(14-20)31-3/h4-10,13-14H,11-12,15H2,1-3H3,(H,24,29)(H2,25,26,27,28). The quantitative estimate of drug-likeness (QED) is 0.393. The molecule has 9 nitrogen and oxygen atoms in total. The molecule has 0 unspecified atom stereocenters. The summed E-state index contributed by atoms with van der Waals surface area (Å²) in [6.07, 6.45) is 0. The van der Waals surface area contributed by atoms with Crippen molar-refractivity contribution >= 4 is 23.4 Å². The van der Waals surface area contributed by atoms with Crippen LogP contribution in [0.15, 0.2) is 54.6 Å². The number of carbonyl (C=O) groups is 1. The lowest BCUT2D eigenvalue weighted by atomic mass is 10.3. The molecule has 0 radical (unpaired) electrons. The van der Waals surface area contributed by atoms with Gasteiger partial charge in [0.2, 0.25) is 5.95 Å². The van der Waals surface area contributed by atoms with E-state index in [1.54, 1.807) is 32.4 Å². The maximum Gasteiger partial charge on any atom is 0.258 e. The number of rotatable bonds is 11. The van der Waals surface area contributed by atoms with Crippen molar-refractivity contribution < 1.29 is 19.0 Å². The first-order valence-corrected chi connectivity index (χ1v) is 10.1. The summed E-state index contributed by atoms with van der Waals surface area (Å²) in [7, 11) is 3.21. The molecule has 0 atom stereocenters. The molecule has 0 saturated heterocycles. The highest BCUT2D eigenvalue weighted by Crippen LogP contribution is 2.20. The minimum absolute atomic E-state index is 0.0793. The fourth-order valence-electron chi connectivity index (χ4n) is 2.80. The maximum atomic E-state index is 12.0. The molecule has 32 heavy (non-hydrogen) atoms. The average molecular weight is 438 g/mol. The fourth-order valence-corrected chi connectivity index (χ4v) is 2.80. The number of amides is 1. The Hall–Kier alpha value is -4.01. The molecule has 0 aliphatic rings. The van der Waals surface area contributed by atoms with Gasteiger partial charge >= 0.3 is 0 Å². The molecule has 3 aromatic rings. The van der Waals surface area contributed by atoms with Gasteiger partial charge in [-0.25, -0.2) is 4.98 Å². The van der Waals surface area contributed by atoms with E-state index < -0.39 is 0 Å². The number of nitrogens with zero attached hydrogens (tertiary/aromatic N) is 2. The monoisotopic (exact) mass is 437 g/mol. The van der Waals surface area contributed by atoms with Crippen LogP contribution in [0.5, 0.6) is 17.2 Å². The smallest absolute Gasteiger partial charge is 0.258 e. The van der Waals surface area contributed by atoms with Gasteiger partial charge in [-0.15, -0.1) is 0 Å². The van der Waals surface area contributed by atoms with Crippen molar-refractivity contribution in [3.05, 3.63) is 60.3 Å². The van der Waals surface area contributed by atoms with Crippen LogP contribution in [0.3, 0.4) is 0 Å². The summed E-state index contributed by atoms with van der Waals surface area (Å²) in [5, 5.41) is 9.15. The van der Waals surface area contributed by atoms with Crippen LogP contribution in [0.1, 0.15) is 5.69 Å². The first kappa shape index (κ1) is 22.7. The van der Waals surface area contributed by atoms with Crippen LogP contribution in [0.2, 0.25) is 0 Å². The third kappa shape index (κ3) is 7.05. The van der Waals surface area contributed by atoms with E-state index in [1.807, 2.05) is 43.3 Å². The van der Waals surface area contributed by atoms with Gasteiger partial charge in [0.05, 0.1) is 14.2 Å². The van der Waals surface area contributed by atoms with Crippen molar-refractivity contribution in [1.82, 2.24) is 15.3 Å². The van der Waals surface area contributed by atoms with Crippen molar-refractivity contribution in [2.45, 2.75) is 6.92 Å². The Morgan fingerprint density at radius 1 is 0.906 bits per heavy atom. The van der Waals surface area contributed by atoms with Crippen molar-refractivity contribution in [1.29, 1.82) is 0 Å². The van der Waals surface area contributed by atoms with E-state index in [1.165, 1.54) is 0 Å². The molecule has 2 aromatic carbocycles. The summed E-state index contributed by atoms with van der Waals surface area (Å²) in [5.41, 5.74) is 1.70. The normalized spacial score (nSPS) is 10.2. The number of hydrogen-bond donors (Lipinski definition) is 3. The number of aryl methyl sites for hydroxylation is 1.